The van der Waals surface area contributed by atoms with Crippen LogP contribution in [-0.4, -0.2) is 67.8 Å². The fourth-order valence-electron chi connectivity index (χ4n) is 1.90. The van der Waals surface area contributed by atoms with Crippen LogP contribution in [0.5, 0.6) is 0 Å². The van der Waals surface area contributed by atoms with Crippen molar-refractivity contribution in [2.24, 2.45) is 0 Å². The summed E-state index contributed by atoms with van der Waals surface area (Å²) in [5.41, 5.74) is 0. The van der Waals surface area contributed by atoms with Crippen molar-refractivity contribution in [3.05, 3.63) is 0 Å². The van der Waals surface area contributed by atoms with Crippen molar-refractivity contribution in [3.63, 3.8) is 0 Å². The number of carbonyl (C=O) groups is 1. The predicted molar refractivity (Wildman–Crippen MR) is 63.4 cm³/mol. The lowest BCUT2D eigenvalue weighted by atomic mass is 10.1. The summed E-state index contributed by atoms with van der Waals surface area (Å²) in [6.45, 7) is 3.00. The number of rotatable bonds is 6. The Kier molecular flexibility index (Phi) is 6.25. The van der Waals surface area contributed by atoms with E-state index in [1.54, 1.807) is 4.90 Å². The highest BCUT2D eigenvalue weighted by Gasteiger charge is 2.64. The Morgan fingerprint density at radius 1 is 1.13 bits per heavy atom. The van der Waals surface area contributed by atoms with Crippen LogP contribution in [0.15, 0.2) is 0 Å². The summed E-state index contributed by atoms with van der Waals surface area (Å²) < 4.78 is 97.1. The lowest BCUT2D eigenvalue weighted by Gasteiger charge is -2.30. The zero-order valence-electron chi connectivity index (χ0n) is 12.1. The highest BCUT2D eigenvalue weighted by Crippen LogP contribution is 2.43. The van der Waals surface area contributed by atoms with E-state index in [1.165, 1.54) is 6.92 Å². The normalized spacial score (nSPS) is 19.5. The molecule has 0 aromatic rings. The van der Waals surface area contributed by atoms with E-state index in [9.17, 15) is 35.5 Å². The molecule has 0 bridgehead atoms. The van der Waals surface area contributed by atoms with Crippen LogP contribution >= 0.6 is 0 Å². The van der Waals surface area contributed by atoms with Gasteiger partial charge in [0.15, 0.2) is 0 Å². The monoisotopic (exact) mass is 355 g/mol. The van der Waals surface area contributed by atoms with Crippen LogP contribution in [0.2, 0.25) is 0 Å². The fourth-order valence-corrected chi connectivity index (χ4v) is 1.90. The lowest BCUT2D eigenvalue weighted by molar-refractivity contribution is -0.300. The SMILES string of the molecule is CC(CN1CCOCC1)OC(=O)C(F)(F)CC(F)(F)C(F)(F)F. The van der Waals surface area contributed by atoms with Gasteiger partial charge < -0.3 is 9.47 Å². The summed E-state index contributed by atoms with van der Waals surface area (Å²) in [5.74, 6) is -13.0. The Hall–Kier alpha value is -1.10. The first-order chi connectivity index (χ1) is 10.3. The van der Waals surface area contributed by atoms with Gasteiger partial charge in [0.05, 0.1) is 19.6 Å². The topological polar surface area (TPSA) is 38.8 Å². The maximum atomic E-state index is 13.3. The van der Waals surface area contributed by atoms with Crippen LogP contribution in [0.25, 0.3) is 0 Å². The fraction of sp³-hybridized carbons (Fsp3) is 0.917. The van der Waals surface area contributed by atoms with Crippen molar-refractivity contribution >= 4 is 5.97 Å². The van der Waals surface area contributed by atoms with Gasteiger partial charge in [0, 0.05) is 19.6 Å². The molecule has 0 aliphatic carbocycles. The van der Waals surface area contributed by atoms with Crippen LogP contribution in [0.4, 0.5) is 30.7 Å². The van der Waals surface area contributed by atoms with Gasteiger partial charge >= 0.3 is 24.0 Å². The van der Waals surface area contributed by atoms with Crippen molar-refractivity contribution in [2.75, 3.05) is 32.8 Å². The van der Waals surface area contributed by atoms with Gasteiger partial charge in [0.25, 0.3) is 0 Å². The number of hydrogen-bond donors (Lipinski definition) is 0. The smallest absolute Gasteiger partial charge is 0.453 e. The van der Waals surface area contributed by atoms with E-state index < -0.39 is 36.5 Å². The third-order valence-electron chi connectivity index (χ3n) is 3.08. The van der Waals surface area contributed by atoms with Crippen molar-refractivity contribution in [2.45, 2.75) is 37.5 Å². The quantitative estimate of drug-likeness (QED) is 0.542. The van der Waals surface area contributed by atoms with Gasteiger partial charge in [0.2, 0.25) is 0 Å². The molecule has 0 N–H and O–H groups in total. The number of halogens is 7. The molecule has 0 radical (unpaired) electrons. The number of ether oxygens (including phenoxy) is 2. The molecule has 1 rings (SSSR count). The molecule has 0 saturated carbocycles. The second-order valence-corrected chi connectivity index (χ2v) is 5.21. The Morgan fingerprint density at radius 3 is 2.13 bits per heavy atom. The maximum absolute atomic E-state index is 13.3. The van der Waals surface area contributed by atoms with E-state index in [0.29, 0.717) is 26.3 Å². The molecule has 136 valence electrons. The number of carbonyl (C=O) groups excluding carboxylic acids is 1. The molecule has 0 spiro atoms. The average Bonchev–Trinajstić information content (AvgIpc) is 2.36. The molecule has 1 atom stereocenters. The summed E-state index contributed by atoms with van der Waals surface area (Å²) in [7, 11) is 0. The first-order valence-electron chi connectivity index (χ1n) is 6.69. The van der Waals surface area contributed by atoms with Gasteiger partial charge in [0.1, 0.15) is 6.10 Å². The summed E-state index contributed by atoms with van der Waals surface area (Å²) in [6.07, 6.45) is -10.2. The summed E-state index contributed by atoms with van der Waals surface area (Å²) in [6, 6.07) is 0. The van der Waals surface area contributed by atoms with Crippen LogP contribution in [0.3, 0.4) is 0 Å². The first-order valence-corrected chi connectivity index (χ1v) is 6.69. The van der Waals surface area contributed by atoms with Gasteiger partial charge in [-0.3, -0.25) is 4.90 Å². The Morgan fingerprint density at radius 2 is 1.65 bits per heavy atom. The number of esters is 1. The maximum Gasteiger partial charge on any atom is 0.453 e. The molecule has 1 unspecified atom stereocenters. The predicted octanol–water partition coefficient (Wildman–Crippen LogP) is 2.47. The van der Waals surface area contributed by atoms with Gasteiger partial charge in [-0.15, -0.1) is 0 Å². The largest absolute Gasteiger partial charge is 0.457 e. The first kappa shape index (κ1) is 19.9. The molecule has 0 aromatic heterocycles. The number of morpholine rings is 1. The molecule has 0 aromatic carbocycles. The molecule has 11 heteroatoms. The minimum absolute atomic E-state index is 0.0425. The molecule has 1 saturated heterocycles. The molecular weight excluding hydrogens is 339 g/mol. The number of nitrogens with zero attached hydrogens (tertiary/aromatic N) is 1. The van der Waals surface area contributed by atoms with E-state index in [0.717, 1.165) is 0 Å². The third kappa shape index (κ3) is 5.79. The highest BCUT2D eigenvalue weighted by molar-refractivity contribution is 5.77. The molecule has 23 heavy (non-hydrogen) atoms. The number of alkyl halides is 7. The van der Waals surface area contributed by atoms with E-state index in [4.69, 9.17) is 4.74 Å². The van der Waals surface area contributed by atoms with Crippen molar-refractivity contribution in [3.8, 4) is 0 Å². The minimum atomic E-state index is -6.17. The molecule has 1 fully saturated rings. The van der Waals surface area contributed by atoms with Gasteiger partial charge in [-0.1, -0.05) is 0 Å². The summed E-state index contributed by atoms with van der Waals surface area (Å²) in [4.78, 5) is 12.9. The minimum Gasteiger partial charge on any atom is -0.457 e. The molecule has 1 heterocycles. The third-order valence-corrected chi connectivity index (χ3v) is 3.08. The van der Waals surface area contributed by atoms with Crippen LogP contribution < -0.4 is 0 Å². The van der Waals surface area contributed by atoms with E-state index in [-0.39, 0.29) is 6.54 Å². The van der Waals surface area contributed by atoms with Crippen LogP contribution in [0, 0.1) is 0 Å². The van der Waals surface area contributed by atoms with Gasteiger partial charge in [-0.2, -0.15) is 30.7 Å². The standard InChI is InChI=1S/C12H16F7NO3/c1-8(6-20-2-4-22-5-3-20)23-9(21)10(13,14)7-11(15,16)12(17,18)19/h8H,2-7H2,1H3. The Balaban J connectivity index is 2.57. The number of hydrogen-bond acceptors (Lipinski definition) is 4. The Labute approximate surface area is 127 Å². The second-order valence-electron chi connectivity index (χ2n) is 5.21. The van der Waals surface area contributed by atoms with E-state index in [1.807, 2.05) is 0 Å². The van der Waals surface area contributed by atoms with Crippen molar-refractivity contribution in [1.29, 1.82) is 0 Å². The molecule has 0 amide bonds. The van der Waals surface area contributed by atoms with Gasteiger partial charge in [-0.25, -0.2) is 4.79 Å². The Bertz CT molecular complexity index is 408. The zero-order valence-corrected chi connectivity index (χ0v) is 12.1. The lowest BCUT2D eigenvalue weighted by Crippen LogP contribution is -2.47. The van der Waals surface area contributed by atoms with Crippen molar-refractivity contribution < 1.29 is 45.0 Å². The molecule has 1 aliphatic heterocycles. The van der Waals surface area contributed by atoms with Gasteiger partial charge in [-0.05, 0) is 6.92 Å². The van der Waals surface area contributed by atoms with Crippen LogP contribution in [0.1, 0.15) is 13.3 Å². The van der Waals surface area contributed by atoms with E-state index >= 15 is 0 Å². The average molecular weight is 355 g/mol. The molecular formula is C12H16F7NO3. The van der Waals surface area contributed by atoms with Crippen LogP contribution in [-0.2, 0) is 14.3 Å². The summed E-state index contributed by atoms with van der Waals surface area (Å²) >= 11 is 0. The summed E-state index contributed by atoms with van der Waals surface area (Å²) in [5, 5.41) is 0. The molecule has 1 aliphatic rings. The highest BCUT2D eigenvalue weighted by atomic mass is 19.4. The van der Waals surface area contributed by atoms with E-state index in [2.05, 4.69) is 4.74 Å². The second kappa shape index (κ2) is 7.20. The zero-order chi connectivity index (χ0) is 17.9. The molecule has 4 nitrogen and oxygen atoms in total. The van der Waals surface area contributed by atoms with Crippen molar-refractivity contribution in [1.82, 2.24) is 4.90 Å².